The van der Waals surface area contributed by atoms with E-state index >= 15 is 0 Å². The molecule has 7 fully saturated rings. The predicted octanol–water partition coefficient (Wildman–Crippen LogP) is 0.723. The van der Waals surface area contributed by atoms with Gasteiger partial charge in [0.2, 0.25) is 0 Å². The third kappa shape index (κ3) is 0.605. The molecule has 19 heavy (non-hydrogen) atoms. The Labute approximate surface area is 118 Å². The molecule has 6 aliphatic carbocycles. The van der Waals surface area contributed by atoms with Crippen LogP contribution < -0.4 is 5.32 Å². The summed E-state index contributed by atoms with van der Waals surface area (Å²) in [5.74, 6) is 2.95. The lowest BCUT2D eigenvalue weighted by atomic mass is 9.16. The summed E-state index contributed by atoms with van der Waals surface area (Å²) in [4.78, 5) is 11.6. The van der Waals surface area contributed by atoms with Crippen molar-refractivity contribution in [3.63, 3.8) is 0 Å². The lowest BCUT2D eigenvalue weighted by molar-refractivity contribution is -0.391. The number of rotatable bonds is 1. The van der Waals surface area contributed by atoms with Crippen LogP contribution in [0.4, 0.5) is 4.79 Å². The summed E-state index contributed by atoms with van der Waals surface area (Å²) >= 11 is 3.99. The summed E-state index contributed by atoms with van der Waals surface area (Å²) in [5.41, 5.74) is 0.0170. The number of hydrogen-bond donors (Lipinski definition) is 1. The van der Waals surface area contributed by atoms with E-state index in [1.165, 1.54) is 7.11 Å². The first-order valence-corrected chi connectivity index (χ1v) is 7.77. The van der Waals surface area contributed by atoms with Crippen LogP contribution in [-0.2, 0) is 14.2 Å². The van der Waals surface area contributed by atoms with Crippen molar-refractivity contribution in [1.82, 2.24) is 5.32 Å². The largest absolute Gasteiger partial charge is 0.453 e. The fourth-order valence-electron chi connectivity index (χ4n) is 7.10. The van der Waals surface area contributed by atoms with Crippen LogP contribution in [0.2, 0.25) is 0 Å². The molecule has 0 aromatic heterocycles. The minimum Gasteiger partial charge on any atom is -0.453 e. The zero-order valence-corrected chi connectivity index (χ0v) is 12.0. The van der Waals surface area contributed by atoms with Crippen molar-refractivity contribution >= 4 is 22.0 Å². The van der Waals surface area contributed by atoms with E-state index < -0.39 is 5.79 Å². The molecular weight excluding hydrogens is 314 g/mol. The Morgan fingerprint density at radius 3 is 2.32 bits per heavy atom. The maximum absolute atomic E-state index is 11.6. The van der Waals surface area contributed by atoms with Gasteiger partial charge in [-0.05, 0) is 29.6 Å². The van der Waals surface area contributed by atoms with Crippen LogP contribution in [0.3, 0.4) is 0 Å². The van der Waals surface area contributed by atoms with E-state index in [1.807, 2.05) is 0 Å². The highest BCUT2D eigenvalue weighted by molar-refractivity contribution is 9.10. The second-order valence-corrected chi connectivity index (χ2v) is 8.15. The van der Waals surface area contributed by atoms with Crippen molar-refractivity contribution in [1.29, 1.82) is 0 Å². The number of amides is 1. The van der Waals surface area contributed by atoms with Gasteiger partial charge in [-0.25, -0.2) is 4.79 Å². The quantitative estimate of drug-likeness (QED) is 0.721. The van der Waals surface area contributed by atoms with E-state index in [2.05, 4.69) is 21.2 Å². The van der Waals surface area contributed by atoms with Gasteiger partial charge in [-0.3, -0.25) is 0 Å². The number of alkyl carbamates (subject to hydrolysis) is 1. The Balaban J connectivity index is 1.44. The number of carbonyl (C=O) groups excluding carboxylic acids is 1. The summed E-state index contributed by atoms with van der Waals surface area (Å²) in [7, 11) is 1.43. The first-order valence-electron chi connectivity index (χ1n) is 6.97. The lowest BCUT2D eigenvalue weighted by Gasteiger charge is -2.91. The molecule has 0 aromatic rings. The molecule has 102 valence electrons. The van der Waals surface area contributed by atoms with E-state index in [0.29, 0.717) is 48.7 Å². The van der Waals surface area contributed by atoms with Gasteiger partial charge in [0.15, 0.2) is 5.79 Å². The fraction of sp³-hybridized carbons (Fsp3) is 0.923. The third-order valence-corrected chi connectivity index (χ3v) is 8.75. The van der Waals surface area contributed by atoms with E-state index in [-0.39, 0.29) is 16.0 Å². The average molecular weight is 328 g/mol. The number of methoxy groups -OCH3 is 1. The van der Waals surface area contributed by atoms with Crippen molar-refractivity contribution < 1.29 is 19.0 Å². The lowest BCUT2D eigenvalue weighted by Crippen LogP contribution is -2.99. The van der Waals surface area contributed by atoms with Crippen LogP contribution in [0.25, 0.3) is 0 Å². The molecule has 6 saturated carbocycles. The standard InChI is InChI=1S/C13H14BrNO4/c1-17-10(16)15-11-4-7-5(11)9-6(11)8(4)12(7,14)13(9)18-2-3-19-13/h4-9H,2-3H2,1H3,(H,15,16)/t4?,5-,6-,7-,8-,9?,11?,12?/m0/s1. The molecule has 7 aliphatic rings. The Hall–Kier alpha value is -0.330. The van der Waals surface area contributed by atoms with E-state index in [9.17, 15) is 4.79 Å². The predicted molar refractivity (Wildman–Crippen MR) is 65.5 cm³/mol. The van der Waals surface area contributed by atoms with Gasteiger partial charge in [0.25, 0.3) is 0 Å². The Morgan fingerprint density at radius 1 is 1.16 bits per heavy atom. The van der Waals surface area contributed by atoms with Gasteiger partial charge >= 0.3 is 6.09 Å². The topological polar surface area (TPSA) is 56.8 Å². The highest BCUT2D eigenvalue weighted by atomic mass is 79.9. The van der Waals surface area contributed by atoms with Gasteiger partial charge in [-0.15, -0.1) is 0 Å². The summed E-state index contributed by atoms with van der Waals surface area (Å²) in [6.45, 7) is 1.40. The fourth-order valence-corrected chi connectivity index (χ4v) is 8.73. The highest BCUT2D eigenvalue weighted by Gasteiger charge is 3.09. The normalized spacial score (nSPS) is 66.6. The van der Waals surface area contributed by atoms with Crippen LogP contribution in [0.5, 0.6) is 0 Å². The number of halogens is 1. The van der Waals surface area contributed by atoms with Gasteiger partial charge in [0, 0.05) is 5.92 Å². The second-order valence-electron chi connectivity index (χ2n) is 6.84. The Bertz CT molecular complexity index is 525. The van der Waals surface area contributed by atoms with Crippen molar-refractivity contribution in [3.05, 3.63) is 0 Å². The van der Waals surface area contributed by atoms with Crippen LogP contribution in [0, 0.1) is 35.5 Å². The Kier molecular flexibility index (Phi) is 1.35. The molecule has 1 saturated heterocycles. The van der Waals surface area contributed by atoms with E-state index in [4.69, 9.17) is 14.2 Å². The Morgan fingerprint density at radius 2 is 1.74 bits per heavy atom. The molecule has 1 heterocycles. The minimum absolute atomic E-state index is 0.0170. The molecule has 2 bridgehead atoms. The summed E-state index contributed by atoms with van der Waals surface area (Å²) in [6, 6.07) is 0. The zero-order chi connectivity index (χ0) is 12.8. The van der Waals surface area contributed by atoms with Crippen LogP contribution in [-0.4, -0.2) is 42.1 Å². The SMILES string of the molecule is COC(=O)NC12C3[C@H]4[C@H]1C1[C@@H]2[C@H]3C4(Br)C12OCCO2. The summed E-state index contributed by atoms with van der Waals surface area (Å²) in [6.07, 6.45) is -0.290. The smallest absolute Gasteiger partial charge is 0.407 e. The maximum Gasteiger partial charge on any atom is 0.407 e. The maximum atomic E-state index is 11.6. The number of hydrogen-bond acceptors (Lipinski definition) is 4. The molecule has 4 atom stereocenters. The number of ether oxygens (including phenoxy) is 3. The number of carbonyl (C=O) groups is 1. The van der Waals surface area contributed by atoms with Gasteiger partial charge in [0.05, 0.1) is 30.2 Å². The monoisotopic (exact) mass is 327 g/mol. The molecule has 1 spiro atoms. The van der Waals surface area contributed by atoms with E-state index in [0.717, 1.165) is 0 Å². The molecule has 7 rings (SSSR count). The van der Waals surface area contributed by atoms with Crippen molar-refractivity contribution in [2.24, 2.45) is 35.5 Å². The molecule has 6 heteroatoms. The zero-order valence-electron chi connectivity index (χ0n) is 10.4. The minimum atomic E-state index is -0.397. The molecular formula is C13H14BrNO4. The van der Waals surface area contributed by atoms with Crippen molar-refractivity contribution in [2.45, 2.75) is 15.7 Å². The van der Waals surface area contributed by atoms with Crippen LogP contribution in [0.1, 0.15) is 0 Å². The first kappa shape index (κ1) is 10.4. The molecule has 1 aliphatic heterocycles. The van der Waals surface area contributed by atoms with E-state index in [1.54, 1.807) is 0 Å². The van der Waals surface area contributed by atoms with Crippen molar-refractivity contribution in [2.75, 3.05) is 20.3 Å². The second kappa shape index (κ2) is 2.46. The summed E-state index contributed by atoms with van der Waals surface area (Å²) < 4.78 is 17.0. The third-order valence-electron chi connectivity index (χ3n) is 7.14. The number of nitrogens with one attached hydrogen (secondary N) is 1. The van der Waals surface area contributed by atoms with Gasteiger partial charge in [-0.1, -0.05) is 15.9 Å². The van der Waals surface area contributed by atoms with Crippen LogP contribution >= 0.6 is 15.9 Å². The highest BCUT2D eigenvalue weighted by Crippen LogP contribution is 3.01. The molecule has 5 nitrogen and oxygen atoms in total. The van der Waals surface area contributed by atoms with Gasteiger partial charge < -0.3 is 19.5 Å². The van der Waals surface area contributed by atoms with Gasteiger partial charge in [-0.2, -0.15) is 0 Å². The van der Waals surface area contributed by atoms with Gasteiger partial charge in [0.1, 0.15) is 0 Å². The molecule has 1 amide bonds. The molecule has 0 unspecified atom stereocenters. The average Bonchev–Trinajstić information content (AvgIpc) is 2.95. The van der Waals surface area contributed by atoms with Crippen molar-refractivity contribution in [3.8, 4) is 0 Å². The van der Waals surface area contributed by atoms with Crippen LogP contribution in [0.15, 0.2) is 0 Å². The summed E-state index contributed by atoms with van der Waals surface area (Å²) in [5, 5.41) is 3.13. The molecule has 1 N–H and O–H groups in total. The molecule has 0 radical (unpaired) electrons. The first-order chi connectivity index (χ1) is 9.14. The molecule has 0 aromatic carbocycles. The number of alkyl halides is 1.